The van der Waals surface area contributed by atoms with Crippen molar-refractivity contribution in [3.8, 4) is 28.5 Å². The fraction of sp³-hybridized carbons (Fsp3) is 0.120. The average molecular weight is 476 g/mol. The fourth-order valence-corrected chi connectivity index (χ4v) is 3.89. The van der Waals surface area contributed by atoms with Gasteiger partial charge in [-0.15, -0.1) is 0 Å². The average Bonchev–Trinajstić information content (AvgIpc) is 3.49. The van der Waals surface area contributed by atoms with Gasteiger partial charge in [-0.25, -0.2) is 14.0 Å². The second kappa shape index (κ2) is 8.39. The van der Waals surface area contributed by atoms with E-state index in [0.717, 1.165) is 29.1 Å². The topological polar surface area (TPSA) is 70.5 Å². The van der Waals surface area contributed by atoms with Gasteiger partial charge in [-0.2, -0.15) is 28.5 Å². The molecule has 0 atom stereocenters. The second-order valence-corrected chi connectivity index (χ2v) is 8.03. The molecule has 2 aromatic carbocycles. The highest BCUT2D eigenvalue weighted by Crippen LogP contribution is 2.31. The Morgan fingerprint density at radius 2 is 1.66 bits per heavy atom. The second-order valence-electron chi connectivity index (χ2n) is 8.03. The molecule has 3 heterocycles. The number of halogens is 3. The van der Waals surface area contributed by atoms with Crippen molar-refractivity contribution in [1.29, 1.82) is 0 Å². The Kier molecular flexibility index (Phi) is 5.35. The molecule has 176 valence electrons. The normalized spacial score (nSPS) is 11.7. The first-order chi connectivity index (χ1) is 16.7. The maximum atomic E-state index is 13.3. The van der Waals surface area contributed by atoms with Gasteiger partial charge < -0.3 is 0 Å². The Morgan fingerprint density at radius 1 is 0.829 bits per heavy atom. The monoisotopic (exact) mass is 476 g/mol. The molecule has 0 N–H and O–H groups in total. The summed E-state index contributed by atoms with van der Waals surface area (Å²) in [6, 6.07) is 13.7. The molecule has 35 heavy (non-hydrogen) atoms. The standard InChI is InChI=1S/C25H19F3N6O/c1-16-13-19(32-11-4-10-29-32)7-8-21(16)33-12-9-22(35)23(31-33)24-17(2)15-30-34(24)20-6-3-5-18(14-20)25(26,27)28/h3-15H,1-2H3. The Morgan fingerprint density at radius 3 is 2.37 bits per heavy atom. The summed E-state index contributed by atoms with van der Waals surface area (Å²) < 4.78 is 44.4. The van der Waals surface area contributed by atoms with E-state index in [9.17, 15) is 18.0 Å². The molecule has 7 nitrogen and oxygen atoms in total. The molecule has 0 amide bonds. The van der Waals surface area contributed by atoms with E-state index in [1.54, 1.807) is 28.7 Å². The Balaban J connectivity index is 1.61. The first-order valence-electron chi connectivity index (χ1n) is 10.7. The third-order valence-electron chi connectivity index (χ3n) is 5.60. The highest BCUT2D eigenvalue weighted by atomic mass is 19.4. The SMILES string of the molecule is Cc1cc(-n2cccn2)ccc1-n1ccc(=O)c(-c2c(C)cnn2-c2cccc(C(F)(F)F)c2)n1. The van der Waals surface area contributed by atoms with Gasteiger partial charge in [0.15, 0.2) is 5.69 Å². The number of aromatic nitrogens is 6. The minimum absolute atomic E-state index is 0.0791. The number of hydrogen-bond acceptors (Lipinski definition) is 4. The van der Waals surface area contributed by atoms with Crippen LogP contribution in [0.25, 0.3) is 28.5 Å². The summed E-state index contributed by atoms with van der Waals surface area (Å²) in [5.41, 5.74) is 2.52. The molecule has 0 saturated heterocycles. The van der Waals surface area contributed by atoms with Gasteiger partial charge in [-0.1, -0.05) is 6.07 Å². The van der Waals surface area contributed by atoms with E-state index < -0.39 is 11.7 Å². The first kappa shape index (κ1) is 22.3. The van der Waals surface area contributed by atoms with Crippen molar-refractivity contribution in [1.82, 2.24) is 29.3 Å². The molecular weight excluding hydrogens is 457 g/mol. The van der Waals surface area contributed by atoms with Gasteiger partial charge in [0.25, 0.3) is 0 Å². The minimum Gasteiger partial charge on any atom is -0.287 e. The van der Waals surface area contributed by atoms with E-state index in [-0.39, 0.29) is 16.8 Å². The summed E-state index contributed by atoms with van der Waals surface area (Å²) in [7, 11) is 0. The molecular formula is C25H19F3N6O. The van der Waals surface area contributed by atoms with Crippen LogP contribution in [-0.2, 0) is 6.18 Å². The molecule has 0 aliphatic heterocycles. The third-order valence-corrected chi connectivity index (χ3v) is 5.60. The number of aryl methyl sites for hydroxylation is 2. The zero-order chi connectivity index (χ0) is 24.7. The van der Waals surface area contributed by atoms with Crippen LogP contribution in [0.5, 0.6) is 0 Å². The van der Waals surface area contributed by atoms with Crippen molar-refractivity contribution in [2.45, 2.75) is 20.0 Å². The molecule has 0 bridgehead atoms. The number of hydrogen-bond donors (Lipinski definition) is 0. The van der Waals surface area contributed by atoms with E-state index in [2.05, 4.69) is 15.3 Å². The molecule has 0 radical (unpaired) electrons. The highest BCUT2D eigenvalue weighted by Gasteiger charge is 2.31. The third kappa shape index (κ3) is 4.14. The summed E-state index contributed by atoms with van der Waals surface area (Å²) in [4.78, 5) is 12.8. The predicted octanol–water partition coefficient (Wildman–Crippen LogP) is 4.91. The van der Waals surface area contributed by atoms with Crippen molar-refractivity contribution in [2.24, 2.45) is 0 Å². The van der Waals surface area contributed by atoms with Crippen LogP contribution in [-0.4, -0.2) is 29.3 Å². The quantitative estimate of drug-likeness (QED) is 0.370. The van der Waals surface area contributed by atoms with E-state index in [4.69, 9.17) is 0 Å². The van der Waals surface area contributed by atoms with Crippen LogP contribution in [0.2, 0.25) is 0 Å². The molecule has 5 rings (SSSR count). The molecule has 0 aliphatic carbocycles. The number of benzene rings is 2. The lowest BCUT2D eigenvalue weighted by atomic mass is 10.1. The lowest BCUT2D eigenvalue weighted by Gasteiger charge is -2.14. The van der Waals surface area contributed by atoms with E-state index in [1.165, 1.54) is 29.1 Å². The molecule has 0 saturated carbocycles. The van der Waals surface area contributed by atoms with Crippen molar-refractivity contribution >= 4 is 0 Å². The number of alkyl halides is 3. The van der Waals surface area contributed by atoms with Gasteiger partial charge in [0.1, 0.15) is 5.69 Å². The van der Waals surface area contributed by atoms with Crippen molar-refractivity contribution in [2.75, 3.05) is 0 Å². The summed E-state index contributed by atoms with van der Waals surface area (Å²) in [6.07, 6.45) is 2.08. The van der Waals surface area contributed by atoms with Gasteiger partial charge >= 0.3 is 6.18 Å². The number of rotatable bonds is 4. The van der Waals surface area contributed by atoms with Gasteiger partial charge in [-0.05, 0) is 67.4 Å². The van der Waals surface area contributed by atoms with Crippen molar-refractivity contribution < 1.29 is 13.2 Å². The summed E-state index contributed by atoms with van der Waals surface area (Å²) >= 11 is 0. The van der Waals surface area contributed by atoms with Crippen LogP contribution in [0.1, 0.15) is 16.7 Å². The van der Waals surface area contributed by atoms with Crippen LogP contribution in [0.3, 0.4) is 0 Å². The van der Waals surface area contributed by atoms with Crippen molar-refractivity contribution in [3.05, 3.63) is 106 Å². The zero-order valence-corrected chi connectivity index (χ0v) is 18.7. The van der Waals surface area contributed by atoms with Crippen LogP contribution in [0, 0.1) is 13.8 Å². The molecule has 3 aromatic heterocycles. The van der Waals surface area contributed by atoms with Crippen molar-refractivity contribution in [3.63, 3.8) is 0 Å². The first-order valence-corrected chi connectivity index (χ1v) is 10.7. The highest BCUT2D eigenvalue weighted by molar-refractivity contribution is 5.62. The van der Waals surface area contributed by atoms with Gasteiger partial charge in [0.05, 0.1) is 28.8 Å². The summed E-state index contributed by atoms with van der Waals surface area (Å²) in [5.74, 6) is 0. The van der Waals surface area contributed by atoms with Crippen LogP contribution < -0.4 is 5.43 Å². The molecule has 5 aromatic rings. The summed E-state index contributed by atoms with van der Waals surface area (Å²) in [6.45, 7) is 3.65. The molecule has 0 unspecified atom stereocenters. The van der Waals surface area contributed by atoms with Gasteiger partial charge in [0.2, 0.25) is 5.43 Å². The van der Waals surface area contributed by atoms with Crippen LogP contribution >= 0.6 is 0 Å². The van der Waals surface area contributed by atoms with E-state index >= 15 is 0 Å². The Hall–Kier alpha value is -4.47. The largest absolute Gasteiger partial charge is 0.416 e. The Bertz CT molecular complexity index is 1580. The lowest BCUT2D eigenvalue weighted by molar-refractivity contribution is -0.137. The smallest absolute Gasteiger partial charge is 0.287 e. The molecule has 0 fully saturated rings. The van der Waals surface area contributed by atoms with Gasteiger partial charge in [-0.3, -0.25) is 4.79 Å². The van der Waals surface area contributed by atoms with E-state index in [1.807, 2.05) is 37.4 Å². The van der Waals surface area contributed by atoms with Crippen LogP contribution in [0.15, 0.2) is 84.2 Å². The van der Waals surface area contributed by atoms with E-state index in [0.29, 0.717) is 11.3 Å². The molecule has 0 aliphatic rings. The minimum atomic E-state index is -4.50. The maximum Gasteiger partial charge on any atom is 0.416 e. The number of nitrogens with zero attached hydrogens (tertiary/aromatic N) is 6. The summed E-state index contributed by atoms with van der Waals surface area (Å²) in [5, 5.41) is 13.0. The fourth-order valence-electron chi connectivity index (χ4n) is 3.89. The maximum absolute atomic E-state index is 13.3. The lowest BCUT2D eigenvalue weighted by Crippen LogP contribution is -2.16. The van der Waals surface area contributed by atoms with Gasteiger partial charge in [0, 0.05) is 24.7 Å². The van der Waals surface area contributed by atoms with Crippen LogP contribution in [0.4, 0.5) is 13.2 Å². The zero-order valence-electron chi connectivity index (χ0n) is 18.7. The molecule has 0 spiro atoms. The molecule has 10 heteroatoms. The Labute approximate surface area is 197 Å². The predicted molar refractivity (Wildman–Crippen MR) is 124 cm³/mol.